The Kier molecular flexibility index (Phi) is 17.9. The van der Waals surface area contributed by atoms with Crippen LogP contribution in [0.25, 0.3) is 10.2 Å². The summed E-state index contributed by atoms with van der Waals surface area (Å²) in [6.45, 7) is 8.62. The number of esters is 5. The number of unbranched alkanes of at least 4 members (excludes halogenated alkanes) is 1. The van der Waals surface area contributed by atoms with Gasteiger partial charge in [-0.2, -0.15) is 5.10 Å². The molecule has 0 aliphatic heterocycles. The van der Waals surface area contributed by atoms with E-state index >= 15 is 0 Å². The first-order valence-electron chi connectivity index (χ1n) is 19.5. The number of ether oxygens (including phenoxy) is 8. The minimum Gasteiger partial charge on any atom is -0.497 e. The molecule has 1 aromatic heterocycles. The molecule has 63 heavy (non-hydrogen) atoms. The van der Waals surface area contributed by atoms with Crippen molar-refractivity contribution in [1.29, 1.82) is 0 Å². The second-order valence-electron chi connectivity index (χ2n) is 13.2. The number of anilines is 1. The van der Waals surface area contributed by atoms with Gasteiger partial charge in [0.1, 0.15) is 36.2 Å². The predicted molar refractivity (Wildman–Crippen MR) is 234 cm³/mol. The summed E-state index contributed by atoms with van der Waals surface area (Å²) in [7, 11) is 1.54. The van der Waals surface area contributed by atoms with E-state index in [0.717, 1.165) is 22.4 Å². The number of para-hydroxylation sites is 1. The lowest BCUT2D eigenvalue weighted by Crippen LogP contribution is -2.30. The van der Waals surface area contributed by atoms with Gasteiger partial charge in [0.05, 0.1) is 54.3 Å². The summed E-state index contributed by atoms with van der Waals surface area (Å²) >= 11 is 1.40. The third-order valence-corrected chi connectivity index (χ3v) is 9.57. The zero-order valence-electron chi connectivity index (χ0n) is 34.6. The van der Waals surface area contributed by atoms with Gasteiger partial charge in [-0.25, -0.2) is 24.2 Å². The fourth-order valence-corrected chi connectivity index (χ4v) is 6.23. The van der Waals surface area contributed by atoms with E-state index < -0.39 is 36.0 Å². The first kappa shape index (κ1) is 46.7. The number of rotatable bonds is 24. The van der Waals surface area contributed by atoms with E-state index in [1.807, 2.05) is 24.3 Å². The lowest BCUT2D eigenvalue weighted by molar-refractivity contribution is -0.156. The second-order valence-corrected chi connectivity index (χ2v) is 14.3. The molecule has 4 aromatic carbocycles. The molecule has 0 amide bonds. The summed E-state index contributed by atoms with van der Waals surface area (Å²) in [6.07, 6.45) is 3.54. The monoisotopic (exact) mass is 879 g/mol. The van der Waals surface area contributed by atoms with Crippen molar-refractivity contribution in [3.8, 4) is 23.0 Å². The van der Waals surface area contributed by atoms with Crippen LogP contribution in [0.3, 0.4) is 0 Å². The molecule has 1 heterocycles. The summed E-state index contributed by atoms with van der Waals surface area (Å²) in [5, 5.41) is 4.85. The van der Waals surface area contributed by atoms with E-state index in [9.17, 15) is 24.0 Å². The molecule has 0 radical (unpaired) electrons. The Morgan fingerprint density at radius 3 is 2.17 bits per heavy atom. The number of methoxy groups -OCH3 is 1. The maximum atomic E-state index is 13.4. The molecule has 0 bridgehead atoms. The quantitative estimate of drug-likeness (QED) is 0.0122. The molecule has 0 aliphatic rings. The van der Waals surface area contributed by atoms with Crippen LogP contribution in [0.2, 0.25) is 0 Å². The molecular weight excluding hydrogens is 835 g/mol. The number of carbonyl (C=O) groups is 5. The lowest BCUT2D eigenvalue weighted by Gasteiger charge is -2.19. The topological polar surface area (TPSA) is 196 Å². The number of aryl methyl sites for hydroxylation is 1. The Labute approximate surface area is 367 Å². The molecular formula is C46H45N3O13S. The summed E-state index contributed by atoms with van der Waals surface area (Å²) < 4.78 is 44.6. The Morgan fingerprint density at radius 2 is 1.44 bits per heavy atom. The first-order valence-corrected chi connectivity index (χ1v) is 20.3. The third-order valence-electron chi connectivity index (χ3n) is 8.63. The van der Waals surface area contributed by atoms with Crippen LogP contribution >= 0.6 is 11.3 Å². The van der Waals surface area contributed by atoms with Crippen LogP contribution < -0.4 is 24.4 Å². The number of hydrogen-bond acceptors (Lipinski definition) is 17. The van der Waals surface area contributed by atoms with Gasteiger partial charge in [-0.05, 0) is 98.1 Å². The largest absolute Gasteiger partial charge is 0.497 e. The minimum atomic E-state index is -0.847. The van der Waals surface area contributed by atoms with Gasteiger partial charge in [0.15, 0.2) is 6.10 Å². The number of nitrogens with zero attached hydrogens (tertiary/aromatic N) is 2. The van der Waals surface area contributed by atoms with Crippen LogP contribution in [0, 0.1) is 6.92 Å². The number of thiazole rings is 1. The van der Waals surface area contributed by atoms with Gasteiger partial charge in [0.25, 0.3) is 0 Å². The zero-order valence-corrected chi connectivity index (χ0v) is 35.4. The summed E-state index contributed by atoms with van der Waals surface area (Å²) in [5.74, 6) is -1.77. The molecule has 0 saturated heterocycles. The average Bonchev–Trinajstić information content (AvgIpc) is 3.71. The Hall–Kier alpha value is -7.37. The molecule has 1 N–H and O–H groups in total. The van der Waals surface area contributed by atoms with Crippen LogP contribution in [0.4, 0.5) is 5.13 Å². The van der Waals surface area contributed by atoms with Gasteiger partial charge in [-0.3, -0.25) is 10.2 Å². The van der Waals surface area contributed by atoms with Gasteiger partial charge >= 0.3 is 29.8 Å². The normalized spacial score (nSPS) is 11.3. The van der Waals surface area contributed by atoms with Crippen molar-refractivity contribution in [2.75, 3.05) is 45.6 Å². The van der Waals surface area contributed by atoms with Gasteiger partial charge in [0, 0.05) is 24.3 Å². The van der Waals surface area contributed by atoms with Crippen molar-refractivity contribution in [3.05, 3.63) is 132 Å². The highest BCUT2D eigenvalue weighted by Gasteiger charge is 2.19. The maximum absolute atomic E-state index is 13.4. The van der Waals surface area contributed by atoms with Crippen molar-refractivity contribution in [3.63, 3.8) is 0 Å². The fourth-order valence-electron chi connectivity index (χ4n) is 5.41. The van der Waals surface area contributed by atoms with Crippen molar-refractivity contribution < 1.29 is 61.9 Å². The predicted octanol–water partition coefficient (Wildman–Crippen LogP) is 7.43. The maximum Gasteiger partial charge on any atom is 0.343 e. The lowest BCUT2D eigenvalue weighted by atomic mass is 10.1. The van der Waals surface area contributed by atoms with Crippen LogP contribution in [0.15, 0.2) is 115 Å². The molecule has 0 aliphatic carbocycles. The third kappa shape index (κ3) is 14.9. The molecule has 0 fully saturated rings. The van der Waals surface area contributed by atoms with E-state index in [1.165, 1.54) is 47.9 Å². The highest BCUT2D eigenvalue weighted by Crippen LogP contribution is 2.28. The Balaban J connectivity index is 1.23. The molecule has 5 rings (SSSR count). The van der Waals surface area contributed by atoms with Crippen molar-refractivity contribution in [2.24, 2.45) is 5.10 Å². The second kappa shape index (κ2) is 24.2. The molecule has 1 unspecified atom stereocenters. The number of hydrogen-bond donors (Lipinski definition) is 1. The number of aromatic nitrogens is 1. The number of hydrazone groups is 1. The molecule has 328 valence electrons. The van der Waals surface area contributed by atoms with Gasteiger partial charge < -0.3 is 37.9 Å². The van der Waals surface area contributed by atoms with E-state index in [2.05, 4.69) is 28.7 Å². The molecule has 5 aromatic rings. The number of benzene rings is 4. The van der Waals surface area contributed by atoms with Crippen molar-refractivity contribution in [2.45, 2.75) is 32.3 Å². The average molecular weight is 880 g/mol. The highest BCUT2D eigenvalue weighted by molar-refractivity contribution is 7.22. The van der Waals surface area contributed by atoms with Crippen LogP contribution in [-0.4, -0.2) is 87.3 Å². The SMILES string of the molecule is C=CC(=O)OCCCCOCC(COc1ccc(C(=O)Oc2ccc(C(=O)Oc3ccc(OC)cc3C)cc2C=NNc2nc3ccccc3s2)cc1)OC(=O)CCOC(=O)C=C. The summed E-state index contributed by atoms with van der Waals surface area (Å²) in [4.78, 5) is 66.3. The summed E-state index contributed by atoms with van der Waals surface area (Å²) in [5.41, 5.74) is 5.03. The number of fused-ring (bicyclic) bond motifs is 1. The first-order chi connectivity index (χ1) is 30.5. The minimum absolute atomic E-state index is 0.0194. The summed E-state index contributed by atoms with van der Waals surface area (Å²) in [6, 6.07) is 23.2. The number of carbonyl (C=O) groups excluding carboxylic acids is 5. The molecule has 16 nitrogen and oxygen atoms in total. The standard InChI is InChI=1S/C46H45N3O13S/c1-5-41(50)57-23-10-9-22-56-28-36(60-43(52)21-24-58-42(51)6-2)29-59-34-16-13-31(14-17-34)44(53)62-39-19-15-32(45(54)61-38-20-18-35(55-4)25-30(38)3)26-33(39)27-47-49-46-48-37-11-7-8-12-40(37)63-46/h5-8,11-20,25-27,36H,1-2,9-10,21-24,28-29H2,3-4H3,(H,48,49). The highest BCUT2D eigenvalue weighted by atomic mass is 32.1. The smallest absolute Gasteiger partial charge is 0.343 e. The van der Waals surface area contributed by atoms with Gasteiger partial charge in [-0.1, -0.05) is 36.6 Å². The van der Waals surface area contributed by atoms with E-state index in [4.69, 9.17) is 37.9 Å². The zero-order chi connectivity index (χ0) is 45.0. The van der Waals surface area contributed by atoms with Crippen LogP contribution in [0.1, 0.15) is 51.1 Å². The van der Waals surface area contributed by atoms with Gasteiger partial charge in [-0.15, -0.1) is 0 Å². The van der Waals surface area contributed by atoms with Crippen molar-refractivity contribution >= 4 is 62.7 Å². The van der Waals surface area contributed by atoms with Crippen molar-refractivity contribution in [1.82, 2.24) is 4.98 Å². The van der Waals surface area contributed by atoms with E-state index in [-0.39, 0.29) is 61.9 Å². The number of nitrogens with one attached hydrogen (secondary N) is 1. The molecule has 1 atom stereocenters. The fraction of sp³-hybridized carbons (Fsp3) is 0.239. The van der Waals surface area contributed by atoms with Crippen LogP contribution in [0.5, 0.6) is 23.0 Å². The van der Waals surface area contributed by atoms with E-state index in [0.29, 0.717) is 40.8 Å². The molecule has 0 saturated carbocycles. The Morgan fingerprint density at radius 1 is 0.778 bits per heavy atom. The molecule has 17 heteroatoms. The van der Waals surface area contributed by atoms with Gasteiger partial charge in [0.2, 0.25) is 5.13 Å². The molecule has 0 spiro atoms. The van der Waals surface area contributed by atoms with E-state index in [1.54, 1.807) is 44.4 Å². The van der Waals surface area contributed by atoms with Crippen LogP contribution in [-0.2, 0) is 33.3 Å². The Bertz CT molecular complexity index is 2400.